The molecule has 0 fully saturated rings. The first-order valence-electron chi connectivity index (χ1n) is 17.6. The van der Waals surface area contributed by atoms with Crippen LogP contribution in [-0.4, -0.2) is 15.0 Å². The van der Waals surface area contributed by atoms with Crippen molar-refractivity contribution < 1.29 is 0 Å². The van der Waals surface area contributed by atoms with Gasteiger partial charge in [0.05, 0.1) is 11.4 Å². The van der Waals surface area contributed by atoms with Gasteiger partial charge in [0.2, 0.25) is 0 Å². The van der Waals surface area contributed by atoms with Crippen molar-refractivity contribution in [2.24, 2.45) is 0 Å². The number of hydrogen-bond acceptors (Lipinski definition) is 3. The first-order valence-corrected chi connectivity index (χ1v) is 17.6. The minimum absolute atomic E-state index is 0.930. The molecule has 3 heterocycles. The van der Waals surface area contributed by atoms with E-state index >= 15 is 0 Å². The van der Waals surface area contributed by atoms with Gasteiger partial charge in [0.25, 0.3) is 0 Å². The maximum atomic E-state index is 4.73. The van der Waals surface area contributed by atoms with Gasteiger partial charge in [0.1, 0.15) is 0 Å². The molecule has 0 N–H and O–H groups in total. The smallest absolute Gasteiger partial charge is 0.0702 e. The topological polar surface area (TPSA) is 38.7 Å². The normalized spacial score (nSPS) is 11.5. The third-order valence-electron chi connectivity index (χ3n) is 10.2. The summed E-state index contributed by atoms with van der Waals surface area (Å²) in [6.45, 7) is 0. The van der Waals surface area contributed by atoms with E-state index in [1.54, 1.807) is 0 Å². The van der Waals surface area contributed by atoms with Crippen LogP contribution in [0.3, 0.4) is 0 Å². The molecule has 242 valence electrons. The Balaban J connectivity index is 1.22. The summed E-state index contributed by atoms with van der Waals surface area (Å²) in [5.41, 5.74) is 13.3. The minimum atomic E-state index is 0.930. The Morgan fingerprint density at radius 1 is 0.288 bits per heavy atom. The molecule has 10 aromatic rings. The Morgan fingerprint density at radius 2 is 0.750 bits per heavy atom. The lowest BCUT2D eigenvalue weighted by atomic mass is 9.86. The van der Waals surface area contributed by atoms with Crippen LogP contribution < -0.4 is 0 Å². The van der Waals surface area contributed by atoms with Crippen molar-refractivity contribution in [3.05, 3.63) is 189 Å². The van der Waals surface area contributed by atoms with Gasteiger partial charge in [0, 0.05) is 35.9 Å². The fraction of sp³-hybridized carbons (Fsp3) is 0. The van der Waals surface area contributed by atoms with E-state index in [2.05, 4.69) is 145 Å². The lowest BCUT2D eigenvalue weighted by molar-refractivity contribution is 1.31. The maximum Gasteiger partial charge on any atom is 0.0702 e. The highest BCUT2D eigenvalue weighted by molar-refractivity contribution is 6.27. The summed E-state index contributed by atoms with van der Waals surface area (Å²) in [5, 5.41) is 7.58. The van der Waals surface area contributed by atoms with E-state index in [4.69, 9.17) is 9.97 Å². The van der Waals surface area contributed by atoms with Crippen molar-refractivity contribution in [3.63, 3.8) is 0 Å². The van der Waals surface area contributed by atoms with Crippen LogP contribution >= 0.6 is 0 Å². The molecule has 0 unspecified atom stereocenters. The van der Waals surface area contributed by atoms with Crippen LogP contribution in [0.15, 0.2) is 189 Å². The highest BCUT2D eigenvalue weighted by Crippen LogP contribution is 2.44. The summed E-state index contributed by atoms with van der Waals surface area (Å²) >= 11 is 0. The molecule has 0 spiro atoms. The van der Waals surface area contributed by atoms with Gasteiger partial charge in [-0.1, -0.05) is 91.0 Å². The summed E-state index contributed by atoms with van der Waals surface area (Å²) in [4.78, 5) is 13.7. The number of hydrogen-bond donors (Lipinski definition) is 0. The van der Waals surface area contributed by atoms with Gasteiger partial charge in [-0.05, 0) is 150 Å². The predicted octanol–water partition coefficient (Wildman–Crippen LogP) is 12.8. The molecule has 0 amide bonds. The predicted molar refractivity (Wildman–Crippen MR) is 216 cm³/mol. The van der Waals surface area contributed by atoms with Gasteiger partial charge in [-0.15, -0.1) is 0 Å². The molecule has 0 aliphatic heterocycles. The highest BCUT2D eigenvalue weighted by atomic mass is 14.7. The van der Waals surface area contributed by atoms with Gasteiger partial charge in [0.15, 0.2) is 0 Å². The quantitative estimate of drug-likeness (QED) is 0.166. The maximum absolute atomic E-state index is 4.73. The van der Waals surface area contributed by atoms with Crippen molar-refractivity contribution in [1.29, 1.82) is 0 Å². The first-order chi connectivity index (χ1) is 25.8. The molecule has 0 aliphatic rings. The van der Waals surface area contributed by atoms with Gasteiger partial charge in [-0.25, -0.2) is 0 Å². The molecule has 0 atom stereocenters. The third-order valence-corrected chi connectivity index (χ3v) is 10.2. The standard InChI is InChI=1S/C49H31N3/c1-2-8-32(9-3-1)36-26-37(38-29-40(46-10-4-6-22-51-46)31-41(30-38)47-11-5-7-23-52-47)28-39(27-36)43-17-13-35-14-18-44-42(33-20-24-50-25-21-33)16-12-34-15-19-45(43)49(35)48(34)44/h1-31H. The fourth-order valence-electron chi connectivity index (χ4n) is 7.74. The summed E-state index contributed by atoms with van der Waals surface area (Å²) in [6.07, 6.45) is 7.44. The molecular formula is C49H31N3. The number of aromatic nitrogens is 3. The van der Waals surface area contributed by atoms with Gasteiger partial charge < -0.3 is 0 Å². The van der Waals surface area contributed by atoms with E-state index < -0.39 is 0 Å². The van der Waals surface area contributed by atoms with Crippen molar-refractivity contribution in [2.45, 2.75) is 0 Å². The van der Waals surface area contributed by atoms with Gasteiger partial charge in [-0.2, -0.15) is 0 Å². The Bertz CT molecular complexity index is 2810. The average molecular weight is 662 g/mol. The molecule has 3 heteroatoms. The second kappa shape index (κ2) is 12.4. The summed E-state index contributed by atoms with van der Waals surface area (Å²) < 4.78 is 0. The number of rotatable bonds is 6. The zero-order valence-corrected chi connectivity index (χ0v) is 28.2. The Labute approximate surface area is 301 Å². The molecule has 3 nitrogen and oxygen atoms in total. The third kappa shape index (κ3) is 5.19. The van der Waals surface area contributed by atoms with Crippen LogP contribution in [0.1, 0.15) is 0 Å². The highest BCUT2D eigenvalue weighted by Gasteiger charge is 2.17. The lowest BCUT2D eigenvalue weighted by Gasteiger charge is -2.18. The van der Waals surface area contributed by atoms with E-state index in [0.717, 1.165) is 33.6 Å². The molecule has 7 aromatic carbocycles. The average Bonchev–Trinajstić information content (AvgIpc) is 3.23. The van der Waals surface area contributed by atoms with Gasteiger partial charge in [-0.3, -0.25) is 15.0 Å². The number of benzene rings is 7. The van der Waals surface area contributed by atoms with Crippen molar-refractivity contribution >= 4 is 32.3 Å². The van der Waals surface area contributed by atoms with Crippen molar-refractivity contribution in [2.75, 3.05) is 0 Å². The fourth-order valence-corrected chi connectivity index (χ4v) is 7.74. The summed E-state index contributed by atoms with van der Waals surface area (Å²) in [5.74, 6) is 0. The molecule has 0 saturated carbocycles. The molecule has 0 radical (unpaired) electrons. The number of pyridine rings is 3. The molecule has 52 heavy (non-hydrogen) atoms. The Hall–Kier alpha value is -6.97. The van der Waals surface area contributed by atoms with Crippen LogP contribution in [0, 0.1) is 0 Å². The van der Waals surface area contributed by atoms with Crippen LogP contribution in [-0.2, 0) is 0 Å². The van der Waals surface area contributed by atoms with Crippen molar-refractivity contribution in [3.8, 4) is 67.0 Å². The number of nitrogens with zero attached hydrogens (tertiary/aromatic N) is 3. The summed E-state index contributed by atoms with van der Waals surface area (Å²) in [6, 6.07) is 58.9. The second-order valence-corrected chi connectivity index (χ2v) is 13.3. The van der Waals surface area contributed by atoms with Gasteiger partial charge >= 0.3 is 0 Å². The monoisotopic (exact) mass is 661 g/mol. The first kappa shape index (κ1) is 29.9. The largest absolute Gasteiger partial charge is 0.265 e. The summed E-state index contributed by atoms with van der Waals surface area (Å²) in [7, 11) is 0. The second-order valence-electron chi connectivity index (χ2n) is 13.3. The van der Waals surface area contributed by atoms with Crippen LogP contribution in [0.25, 0.3) is 99.3 Å². The molecule has 0 bridgehead atoms. The van der Waals surface area contributed by atoms with E-state index in [1.165, 1.54) is 65.7 Å². The zero-order valence-electron chi connectivity index (χ0n) is 28.2. The lowest BCUT2D eigenvalue weighted by Crippen LogP contribution is -1.92. The van der Waals surface area contributed by atoms with Crippen LogP contribution in [0.4, 0.5) is 0 Å². The minimum Gasteiger partial charge on any atom is -0.265 e. The molecule has 0 saturated heterocycles. The van der Waals surface area contributed by atoms with E-state index in [-0.39, 0.29) is 0 Å². The van der Waals surface area contributed by atoms with Crippen LogP contribution in [0.5, 0.6) is 0 Å². The van der Waals surface area contributed by atoms with E-state index in [1.807, 2.05) is 49.1 Å². The molecule has 0 aliphatic carbocycles. The molecular weight excluding hydrogens is 631 g/mol. The van der Waals surface area contributed by atoms with E-state index in [0.29, 0.717) is 0 Å². The Kier molecular flexibility index (Phi) is 7.14. The van der Waals surface area contributed by atoms with Crippen LogP contribution in [0.2, 0.25) is 0 Å². The Morgan fingerprint density at radius 3 is 1.31 bits per heavy atom. The molecule has 3 aromatic heterocycles. The van der Waals surface area contributed by atoms with Crippen molar-refractivity contribution in [1.82, 2.24) is 15.0 Å². The molecule has 10 rings (SSSR count). The van der Waals surface area contributed by atoms with E-state index in [9.17, 15) is 0 Å². The zero-order chi connectivity index (χ0) is 34.4. The SMILES string of the molecule is c1ccc(-c2cc(-c3cc(-c4ccccn4)cc(-c4ccccn4)c3)cc(-c3ccc4ccc5c(-c6ccncc6)ccc6ccc3c4c65)c2)cc1.